The number of methoxy groups -OCH3 is 1. The van der Waals surface area contributed by atoms with Crippen LogP contribution in [0.4, 0.5) is 8.78 Å². The van der Waals surface area contributed by atoms with Crippen LogP contribution < -0.4 is 0 Å². The number of hydrogen-bond donors (Lipinski definition) is 1. The van der Waals surface area contributed by atoms with Crippen molar-refractivity contribution in [2.45, 2.75) is 25.0 Å². The van der Waals surface area contributed by atoms with Crippen molar-refractivity contribution in [2.75, 3.05) is 7.11 Å². The second-order valence-electron chi connectivity index (χ2n) is 4.12. The zero-order chi connectivity index (χ0) is 11.7. The predicted molar refractivity (Wildman–Crippen MR) is 54.8 cm³/mol. The smallest absolute Gasteiger partial charge is 0.132 e. The molecule has 1 aromatic rings. The summed E-state index contributed by atoms with van der Waals surface area (Å²) in [5.41, 5.74) is -0.291. The van der Waals surface area contributed by atoms with Crippen LogP contribution in [-0.2, 0) is 4.74 Å². The van der Waals surface area contributed by atoms with Gasteiger partial charge < -0.3 is 9.84 Å². The molecule has 4 heteroatoms. The number of ether oxygens (including phenoxy) is 1. The molecule has 2 atom stereocenters. The third-order valence-corrected chi connectivity index (χ3v) is 2.97. The van der Waals surface area contributed by atoms with Gasteiger partial charge in [-0.1, -0.05) is 6.07 Å². The maximum absolute atomic E-state index is 13.4. The summed E-state index contributed by atoms with van der Waals surface area (Å²) >= 11 is 0. The molecule has 1 fully saturated rings. The van der Waals surface area contributed by atoms with Gasteiger partial charge in [0.15, 0.2) is 0 Å². The summed E-state index contributed by atoms with van der Waals surface area (Å²) in [7, 11) is 1.45. The van der Waals surface area contributed by atoms with E-state index < -0.39 is 23.8 Å². The van der Waals surface area contributed by atoms with Crippen LogP contribution in [-0.4, -0.2) is 18.3 Å². The lowest BCUT2D eigenvalue weighted by Crippen LogP contribution is -2.24. The lowest BCUT2D eigenvalue weighted by Gasteiger charge is -2.22. The SMILES string of the molecule is COC(C1CC1)C(O)c1c(F)cccc1F. The van der Waals surface area contributed by atoms with Crippen molar-refractivity contribution in [2.24, 2.45) is 5.92 Å². The Morgan fingerprint density at radius 3 is 2.31 bits per heavy atom. The summed E-state index contributed by atoms with van der Waals surface area (Å²) < 4.78 is 32.0. The van der Waals surface area contributed by atoms with Gasteiger partial charge in [-0.3, -0.25) is 0 Å². The van der Waals surface area contributed by atoms with Gasteiger partial charge in [0.05, 0.1) is 11.7 Å². The van der Waals surface area contributed by atoms with E-state index in [1.54, 1.807) is 0 Å². The zero-order valence-corrected chi connectivity index (χ0v) is 8.99. The second kappa shape index (κ2) is 4.47. The summed E-state index contributed by atoms with van der Waals surface area (Å²) in [5.74, 6) is -1.25. The maximum Gasteiger partial charge on any atom is 0.132 e. The van der Waals surface area contributed by atoms with Crippen LogP contribution in [0.3, 0.4) is 0 Å². The molecule has 0 saturated heterocycles. The summed E-state index contributed by atoms with van der Waals surface area (Å²) in [5, 5.41) is 9.95. The Balaban J connectivity index is 2.28. The first-order chi connectivity index (χ1) is 7.65. The van der Waals surface area contributed by atoms with Crippen LogP contribution in [0.2, 0.25) is 0 Å². The normalized spacial score (nSPS) is 19.5. The second-order valence-corrected chi connectivity index (χ2v) is 4.12. The fraction of sp³-hybridized carbons (Fsp3) is 0.500. The van der Waals surface area contributed by atoms with Crippen molar-refractivity contribution < 1.29 is 18.6 Å². The molecule has 2 unspecified atom stereocenters. The monoisotopic (exact) mass is 228 g/mol. The fourth-order valence-corrected chi connectivity index (χ4v) is 1.96. The number of halogens is 2. The first-order valence-corrected chi connectivity index (χ1v) is 5.30. The molecular weight excluding hydrogens is 214 g/mol. The lowest BCUT2D eigenvalue weighted by atomic mass is 10.00. The molecule has 16 heavy (non-hydrogen) atoms. The van der Waals surface area contributed by atoms with E-state index >= 15 is 0 Å². The molecule has 0 aliphatic heterocycles. The van der Waals surface area contributed by atoms with Crippen LogP contribution in [0.15, 0.2) is 18.2 Å². The highest BCUT2D eigenvalue weighted by Gasteiger charge is 2.38. The van der Waals surface area contributed by atoms with Gasteiger partial charge >= 0.3 is 0 Å². The van der Waals surface area contributed by atoms with Crippen molar-refractivity contribution in [1.82, 2.24) is 0 Å². The minimum atomic E-state index is -1.24. The van der Waals surface area contributed by atoms with Crippen LogP contribution in [0.1, 0.15) is 24.5 Å². The van der Waals surface area contributed by atoms with Gasteiger partial charge in [-0.2, -0.15) is 0 Å². The van der Waals surface area contributed by atoms with Crippen LogP contribution in [0.25, 0.3) is 0 Å². The summed E-state index contributed by atoms with van der Waals surface area (Å²) in [6.45, 7) is 0. The fourth-order valence-electron chi connectivity index (χ4n) is 1.96. The van der Waals surface area contributed by atoms with E-state index in [9.17, 15) is 13.9 Å². The van der Waals surface area contributed by atoms with Crippen LogP contribution in [0, 0.1) is 17.6 Å². The molecule has 1 N–H and O–H groups in total. The Morgan fingerprint density at radius 2 is 1.88 bits per heavy atom. The molecular formula is C12H14F2O2. The molecule has 88 valence electrons. The molecule has 1 aromatic carbocycles. The van der Waals surface area contributed by atoms with Crippen LogP contribution in [0.5, 0.6) is 0 Å². The number of aliphatic hydroxyl groups is 1. The maximum atomic E-state index is 13.4. The third-order valence-electron chi connectivity index (χ3n) is 2.97. The van der Waals surface area contributed by atoms with E-state index in [1.807, 2.05) is 0 Å². The molecule has 1 aliphatic carbocycles. The van der Waals surface area contributed by atoms with Crippen molar-refractivity contribution in [3.05, 3.63) is 35.4 Å². The van der Waals surface area contributed by atoms with E-state index in [1.165, 1.54) is 13.2 Å². The molecule has 0 radical (unpaired) electrons. The molecule has 2 nitrogen and oxygen atoms in total. The van der Waals surface area contributed by atoms with Gasteiger partial charge in [0.25, 0.3) is 0 Å². The van der Waals surface area contributed by atoms with E-state index in [0.29, 0.717) is 0 Å². The van der Waals surface area contributed by atoms with Gasteiger partial charge in [-0.05, 0) is 30.9 Å². The topological polar surface area (TPSA) is 29.5 Å². The number of rotatable bonds is 4. The predicted octanol–water partition coefficient (Wildman–Crippen LogP) is 2.42. The van der Waals surface area contributed by atoms with Gasteiger partial charge in [0.1, 0.15) is 17.7 Å². The Hall–Kier alpha value is -1.00. The molecule has 0 amide bonds. The molecule has 1 aliphatic rings. The van der Waals surface area contributed by atoms with E-state index in [0.717, 1.165) is 25.0 Å². The Bertz CT molecular complexity index is 357. The molecule has 0 bridgehead atoms. The van der Waals surface area contributed by atoms with Crippen molar-refractivity contribution in [3.8, 4) is 0 Å². The minimum absolute atomic E-state index is 0.207. The summed E-state index contributed by atoms with van der Waals surface area (Å²) in [4.78, 5) is 0. The van der Waals surface area contributed by atoms with E-state index in [2.05, 4.69) is 0 Å². The number of aliphatic hydroxyl groups excluding tert-OH is 1. The highest BCUT2D eigenvalue weighted by Crippen LogP contribution is 2.40. The Labute approximate surface area is 92.9 Å². The third kappa shape index (κ3) is 2.08. The van der Waals surface area contributed by atoms with Gasteiger partial charge in [-0.25, -0.2) is 8.78 Å². The molecule has 2 rings (SSSR count). The standard InChI is InChI=1S/C12H14F2O2/c1-16-12(7-5-6-7)11(15)10-8(13)3-2-4-9(10)14/h2-4,7,11-12,15H,5-6H2,1H3. The average Bonchev–Trinajstić information content (AvgIpc) is 3.03. The zero-order valence-electron chi connectivity index (χ0n) is 8.99. The van der Waals surface area contributed by atoms with Gasteiger partial charge in [-0.15, -0.1) is 0 Å². The van der Waals surface area contributed by atoms with Crippen molar-refractivity contribution in [1.29, 1.82) is 0 Å². The quantitative estimate of drug-likeness (QED) is 0.857. The van der Waals surface area contributed by atoms with E-state index in [-0.39, 0.29) is 11.5 Å². The molecule has 0 aromatic heterocycles. The number of benzene rings is 1. The van der Waals surface area contributed by atoms with Gasteiger partial charge in [0, 0.05) is 7.11 Å². The molecule has 1 saturated carbocycles. The minimum Gasteiger partial charge on any atom is -0.385 e. The Kier molecular flexibility index (Phi) is 3.21. The average molecular weight is 228 g/mol. The first-order valence-electron chi connectivity index (χ1n) is 5.30. The molecule has 0 spiro atoms. The molecule has 0 heterocycles. The summed E-state index contributed by atoms with van der Waals surface area (Å²) in [6.07, 6.45) is 0.113. The van der Waals surface area contributed by atoms with Crippen molar-refractivity contribution >= 4 is 0 Å². The number of hydrogen-bond acceptors (Lipinski definition) is 2. The first kappa shape index (κ1) is 11.5. The van der Waals surface area contributed by atoms with Crippen molar-refractivity contribution in [3.63, 3.8) is 0 Å². The van der Waals surface area contributed by atoms with Gasteiger partial charge in [0.2, 0.25) is 0 Å². The van der Waals surface area contributed by atoms with E-state index in [4.69, 9.17) is 4.74 Å². The highest BCUT2D eigenvalue weighted by atomic mass is 19.1. The summed E-state index contributed by atoms with van der Waals surface area (Å²) in [6, 6.07) is 3.56. The van der Waals surface area contributed by atoms with Crippen LogP contribution >= 0.6 is 0 Å². The Morgan fingerprint density at radius 1 is 1.31 bits per heavy atom. The largest absolute Gasteiger partial charge is 0.385 e. The lowest BCUT2D eigenvalue weighted by molar-refractivity contribution is -0.0290. The highest BCUT2D eigenvalue weighted by molar-refractivity contribution is 5.23.